The minimum absolute atomic E-state index is 0.0475. The number of hydrogen-bond donors (Lipinski definition) is 1. The van der Waals surface area contributed by atoms with Crippen molar-refractivity contribution in [2.75, 3.05) is 0 Å². The van der Waals surface area contributed by atoms with Crippen LogP contribution in [0.3, 0.4) is 0 Å². The van der Waals surface area contributed by atoms with Gasteiger partial charge in [0.25, 0.3) is 0 Å². The summed E-state index contributed by atoms with van der Waals surface area (Å²) >= 11 is 0. The fourth-order valence-corrected chi connectivity index (χ4v) is 2.22. The first-order chi connectivity index (χ1) is 9.98. The number of alkyl halides is 6. The Morgan fingerprint density at radius 3 is 2.14 bits per heavy atom. The number of alkyl carbamates (subject to hydrolysis) is 1. The molecule has 3 nitrogen and oxygen atoms in total. The van der Waals surface area contributed by atoms with Gasteiger partial charge in [0, 0.05) is 0 Å². The number of halogens is 6. The first-order valence-corrected chi connectivity index (χ1v) is 6.22. The van der Waals surface area contributed by atoms with Crippen molar-refractivity contribution in [3.8, 4) is 0 Å². The number of allylic oxidation sites excluding steroid dienone is 5. The highest BCUT2D eigenvalue weighted by Crippen LogP contribution is 2.37. The Hall–Kier alpha value is -1.93. The number of cyclic esters (lactones) is 1. The first-order valence-electron chi connectivity index (χ1n) is 6.22. The van der Waals surface area contributed by atoms with E-state index in [2.05, 4.69) is 5.32 Å². The SMILES string of the molecule is CC1NC(=O)OC1C1=CC(C(F)(F)F)=CC(C(F)(F)F)=CC1. The molecule has 22 heavy (non-hydrogen) atoms. The predicted molar refractivity (Wildman–Crippen MR) is 63.8 cm³/mol. The lowest BCUT2D eigenvalue weighted by Crippen LogP contribution is -2.29. The lowest BCUT2D eigenvalue weighted by molar-refractivity contribution is -0.0933. The van der Waals surface area contributed by atoms with E-state index in [1.807, 2.05) is 0 Å². The van der Waals surface area contributed by atoms with E-state index >= 15 is 0 Å². The van der Waals surface area contributed by atoms with Crippen LogP contribution < -0.4 is 5.32 Å². The summed E-state index contributed by atoms with van der Waals surface area (Å²) in [5.74, 6) is 0. The summed E-state index contributed by atoms with van der Waals surface area (Å²) in [6.07, 6.45) is -10.8. The Kier molecular flexibility index (Phi) is 4.01. The molecular formula is C13H11F6NO2. The minimum atomic E-state index is -4.95. The number of rotatable bonds is 1. The zero-order valence-corrected chi connectivity index (χ0v) is 11.2. The van der Waals surface area contributed by atoms with Gasteiger partial charge in [-0.3, -0.25) is 0 Å². The van der Waals surface area contributed by atoms with Crippen molar-refractivity contribution in [3.05, 3.63) is 34.9 Å². The Morgan fingerprint density at radius 1 is 1.09 bits per heavy atom. The van der Waals surface area contributed by atoms with Crippen molar-refractivity contribution in [2.24, 2.45) is 0 Å². The molecule has 2 unspecified atom stereocenters. The van der Waals surface area contributed by atoms with Crippen LogP contribution in [0.1, 0.15) is 13.3 Å². The molecule has 1 amide bonds. The Balaban J connectivity index is 2.42. The maximum absolute atomic E-state index is 12.9. The third kappa shape index (κ3) is 3.45. The van der Waals surface area contributed by atoms with Crippen LogP contribution in [-0.2, 0) is 4.74 Å². The Morgan fingerprint density at radius 2 is 1.68 bits per heavy atom. The Bertz CT molecular complexity index is 570. The maximum Gasteiger partial charge on any atom is 0.416 e. The van der Waals surface area contributed by atoms with Gasteiger partial charge in [0.2, 0.25) is 0 Å². The third-order valence-electron chi connectivity index (χ3n) is 3.26. The highest BCUT2D eigenvalue weighted by atomic mass is 19.4. The summed E-state index contributed by atoms with van der Waals surface area (Å²) in [7, 11) is 0. The van der Waals surface area contributed by atoms with Gasteiger partial charge in [0.15, 0.2) is 0 Å². The average molecular weight is 327 g/mol. The number of amides is 1. The normalized spacial score (nSPS) is 26.5. The molecule has 0 saturated carbocycles. The molecular weight excluding hydrogens is 316 g/mol. The summed E-state index contributed by atoms with van der Waals surface area (Å²) in [6, 6.07) is -0.630. The molecule has 2 aliphatic rings. The van der Waals surface area contributed by atoms with Gasteiger partial charge >= 0.3 is 18.4 Å². The van der Waals surface area contributed by atoms with Crippen molar-refractivity contribution in [2.45, 2.75) is 37.8 Å². The van der Waals surface area contributed by atoms with Crippen LogP contribution in [-0.4, -0.2) is 30.6 Å². The van der Waals surface area contributed by atoms with Gasteiger partial charge in [0.1, 0.15) is 6.10 Å². The highest BCUT2D eigenvalue weighted by Gasteiger charge is 2.41. The number of carbonyl (C=O) groups excluding carboxylic acids is 1. The van der Waals surface area contributed by atoms with Crippen LogP contribution >= 0.6 is 0 Å². The van der Waals surface area contributed by atoms with E-state index in [1.54, 1.807) is 0 Å². The van der Waals surface area contributed by atoms with Gasteiger partial charge in [-0.1, -0.05) is 6.08 Å². The molecule has 0 spiro atoms. The number of hydrogen-bond acceptors (Lipinski definition) is 2. The molecule has 0 aromatic heterocycles. The number of carbonyl (C=O) groups is 1. The molecule has 1 fully saturated rings. The van der Waals surface area contributed by atoms with Crippen LogP contribution in [0.15, 0.2) is 34.9 Å². The molecule has 1 heterocycles. The van der Waals surface area contributed by atoms with E-state index in [0.717, 1.165) is 0 Å². The molecule has 1 N–H and O–H groups in total. The summed E-state index contributed by atoms with van der Waals surface area (Å²) < 4.78 is 81.7. The second-order valence-corrected chi connectivity index (χ2v) is 4.94. The van der Waals surface area contributed by atoms with E-state index in [0.29, 0.717) is 12.2 Å². The number of ether oxygens (including phenoxy) is 1. The molecule has 0 bridgehead atoms. The fourth-order valence-electron chi connectivity index (χ4n) is 2.22. The van der Waals surface area contributed by atoms with Gasteiger partial charge in [-0.15, -0.1) is 0 Å². The number of nitrogens with one attached hydrogen (secondary N) is 1. The molecule has 2 atom stereocenters. The first kappa shape index (κ1) is 16.4. The molecule has 1 saturated heterocycles. The molecule has 0 aromatic rings. The Labute approximate surface area is 121 Å². The lowest BCUT2D eigenvalue weighted by atomic mass is 9.99. The van der Waals surface area contributed by atoms with Gasteiger partial charge < -0.3 is 10.1 Å². The summed E-state index contributed by atoms with van der Waals surface area (Å²) in [5.41, 5.74) is -2.86. The topological polar surface area (TPSA) is 38.3 Å². The van der Waals surface area contributed by atoms with Crippen molar-refractivity contribution in [1.29, 1.82) is 0 Å². The molecule has 1 aliphatic carbocycles. The van der Waals surface area contributed by atoms with Crippen LogP contribution in [0.4, 0.5) is 31.1 Å². The van der Waals surface area contributed by atoms with E-state index in [1.165, 1.54) is 6.92 Å². The molecule has 122 valence electrons. The lowest BCUT2D eigenvalue weighted by Gasteiger charge is -2.16. The molecule has 9 heteroatoms. The standard InChI is InChI=1S/C13H11F6NO2/c1-6-10(22-11(21)20-6)7-2-3-8(12(14,15)16)5-9(4-7)13(17,18)19/h3-6,10H,2H2,1H3,(H,20,21). The van der Waals surface area contributed by atoms with E-state index in [9.17, 15) is 31.1 Å². The fraction of sp³-hybridized carbons (Fsp3) is 0.462. The zero-order chi connectivity index (χ0) is 16.7. The molecule has 1 aliphatic heterocycles. The van der Waals surface area contributed by atoms with Crippen molar-refractivity contribution >= 4 is 6.09 Å². The quantitative estimate of drug-likeness (QED) is 0.744. The highest BCUT2D eigenvalue weighted by molar-refractivity contribution is 5.71. The van der Waals surface area contributed by atoms with Crippen LogP contribution in [0.5, 0.6) is 0 Å². The van der Waals surface area contributed by atoms with Gasteiger partial charge in [-0.2, -0.15) is 26.3 Å². The van der Waals surface area contributed by atoms with E-state index < -0.39 is 48.2 Å². The molecule has 2 rings (SSSR count). The minimum Gasteiger partial charge on any atom is -0.439 e. The monoisotopic (exact) mass is 327 g/mol. The smallest absolute Gasteiger partial charge is 0.416 e. The van der Waals surface area contributed by atoms with Crippen molar-refractivity contribution < 1.29 is 35.9 Å². The van der Waals surface area contributed by atoms with Crippen LogP contribution in [0.2, 0.25) is 0 Å². The van der Waals surface area contributed by atoms with Gasteiger partial charge in [0.05, 0.1) is 17.2 Å². The van der Waals surface area contributed by atoms with Gasteiger partial charge in [-0.05, 0) is 31.1 Å². The van der Waals surface area contributed by atoms with Crippen LogP contribution in [0.25, 0.3) is 0 Å². The second kappa shape index (κ2) is 5.36. The second-order valence-electron chi connectivity index (χ2n) is 4.94. The van der Waals surface area contributed by atoms with E-state index in [-0.39, 0.29) is 11.6 Å². The van der Waals surface area contributed by atoms with Crippen molar-refractivity contribution in [3.63, 3.8) is 0 Å². The summed E-state index contributed by atoms with van der Waals surface area (Å²) in [4.78, 5) is 11.1. The molecule has 0 aromatic carbocycles. The van der Waals surface area contributed by atoms with E-state index in [4.69, 9.17) is 4.74 Å². The predicted octanol–water partition coefficient (Wildman–Crippen LogP) is 3.79. The van der Waals surface area contributed by atoms with Crippen LogP contribution in [0, 0.1) is 0 Å². The maximum atomic E-state index is 12.9. The largest absolute Gasteiger partial charge is 0.439 e. The summed E-state index contributed by atoms with van der Waals surface area (Å²) in [6.45, 7) is 1.49. The van der Waals surface area contributed by atoms with Gasteiger partial charge in [-0.25, -0.2) is 4.79 Å². The third-order valence-corrected chi connectivity index (χ3v) is 3.26. The summed E-state index contributed by atoms with van der Waals surface area (Å²) in [5, 5.41) is 2.33. The zero-order valence-electron chi connectivity index (χ0n) is 11.2. The average Bonchev–Trinajstić information content (AvgIpc) is 2.58. The van der Waals surface area contributed by atoms with Crippen molar-refractivity contribution in [1.82, 2.24) is 5.32 Å². The molecule has 0 radical (unpaired) electrons.